The van der Waals surface area contributed by atoms with E-state index in [0.29, 0.717) is 5.92 Å². The Morgan fingerprint density at radius 2 is 0.750 bits per heavy atom. The van der Waals surface area contributed by atoms with Gasteiger partial charge >= 0.3 is 0 Å². The maximum Gasteiger partial charge on any atom is 0.0314 e. The van der Waals surface area contributed by atoms with Crippen molar-refractivity contribution < 1.29 is 0 Å². The molecule has 0 aliphatic carbocycles. The minimum atomic E-state index is 0.431. The van der Waals surface area contributed by atoms with Crippen LogP contribution in [0.1, 0.15) is 110 Å². The van der Waals surface area contributed by atoms with Crippen molar-refractivity contribution >= 4 is 11.4 Å². The maximum absolute atomic E-state index is 5.87. The van der Waals surface area contributed by atoms with E-state index in [1.807, 2.05) is 24.3 Å². The minimum absolute atomic E-state index is 0.431. The van der Waals surface area contributed by atoms with E-state index in [2.05, 4.69) is 79.7 Å². The van der Waals surface area contributed by atoms with E-state index in [1.54, 1.807) is 0 Å². The number of nitrogens with two attached hydrogens (primary N) is 2. The molecule has 4 aromatic carbocycles. The third-order valence-electron chi connectivity index (χ3n) is 8.14. The van der Waals surface area contributed by atoms with Crippen LogP contribution in [0.25, 0.3) is 0 Å². The lowest BCUT2D eigenvalue weighted by atomic mass is 9.85. The van der Waals surface area contributed by atoms with E-state index in [-0.39, 0.29) is 0 Å². The Kier molecular flexibility index (Phi) is 11.7. The van der Waals surface area contributed by atoms with E-state index in [1.165, 1.54) is 97.6 Å². The molecule has 0 aliphatic rings. The highest BCUT2D eigenvalue weighted by Gasteiger charge is 2.15. The van der Waals surface area contributed by atoms with Gasteiger partial charge in [-0.15, -0.1) is 0 Å². The number of hydrogen-bond acceptors (Lipinski definition) is 2. The second-order valence-corrected chi connectivity index (χ2v) is 11.5. The van der Waals surface area contributed by atoms with Gasteiger partial charge in [-0.1, -0.05) is 138 Å². The van der Waals surface area contributed by atoms with E-state index < -0.39 is 0 Å². The molecular weight excluding hydrogens is 484 g/mol. The molecule has 0 saturated heterocycles. The first-order valence-corrected chi connectivity index (χ1v) is 15.5. The lowest BCUT2D eigenvalue weighted by molar-refractivity contribution is 0.545. The van der Waals surface area contributed by atoms with Crippen molar-refractivity contribution in [3.8, 4) is 0 Å². The molecule has 4 aromatic rings. The Morgan fingerprint density at radius 1 is 0.425 bits per heavy atom. The van der Waals surface area contributed by atoms with Gasteiger partial charge < -0.3 is 11.5 Å². The van der Waals surface area contributed by atoms with Gasteiger partial charge in [0.1, 0.15) is 0 Å². The Labute approximate surface area is 242 Å². The number of rotatable bonds is 16. The third-order valence-corrected chi connectivity index (χ3v) is 8.14. The monoisotopic (exact) mass is 532 g/mol. The average Bonchev–Trinajstić information content (AvgIpc) is 2.98. The molecule has 0 radical (unpaired) electrons. The highest BCUT2D eigenvalue weighted by Crippen LogP contribution is 2.31. The smallest absolute Gasteiger partial charge is 0.0314 e. The summed E-state index contributed by atoms with van der Waals surface area (Å²) >= 11 is 0. The van der Waals surface area contributed by atoms with Crippen LogP contribution >= 0.6 is 0 Å². The van der Waals surface area contributed by atoms with Gasteiger partial charge in [0.05, 0.1) is 0 Å². The van der Waals surface area contributed by atoms with Crippen LogP contribution in [0.5, 0.6) is 0 Å². The van der Waals surface area contributed by atoms with Crippen molar-refractivity contribution in [2.24, 2.45) is 0 Å². The predicted molar refractivity (Wildman–Crippen MR) is 174 cm³/mol. The summed E-state index contributed by atoms with van der Waals surface area (Å²) in [5.41, 5.74) is 21.5. The number of anilines is 2. The summed E-state index contributed by atoms with van der Waals surface area (Å²) in [6.45, 7) is 2.29. The van der Waals surface area contributed by atoms with Gasteiger partial charge in [-0.05, 0) is 76.9 Å². The topological polar surface area (TPSA) is 52.0 Å². The number of hydrogen-bond donors (Lipinski definition) is 2. The van der Waals surface area contributed by atoms with Gasteiger partial charge in [0.25, 0.3) is 0 Å². The zero-order valence-electron chi connectivity index (χ0n) is 24.5. The standard InChI is InChI=1S/C38H48N2/c1-2-3-4-5-6-7-8-9-10-11-38(34-20-12-30(13-21-34)28-32-16-24-36(39)25-17-32)35-22-14-31(15-23-35)29-33-18-26-37(40)27-19-33/h12-27,38H,2-11,28-29,39-40H2,1H3. The Balaban J connectivity index is 1.40. The fourth-order valence-corrected chi connectivity index (χ4v) is 5.66. The molecule has 40 heavy (non-hydrogen) atoms. The molecule has 0 spiro atoms. The van der Waals surface area contributed by atoms with Crippen LogP contribution in [0, 0.1) is 0 Å². The zero-order chi connectivity index (χ0) is 28.0. The first kappa shape index (κ1) is 29.5. The van der Waals surface area contributed by atoms with Crippen LogP contribution in [0.3, 0.4) is 0 Å². The summed E-state index contributed by atoms with van der Waals surface area (Å²) in [5, 5.41) is 0. The SMILES string of the molecule is CCCCCCCCCCCC(c1ccc(Cc2ccc(N)cc2)cc1)c1ccc(Cc2ccc(N)cc2)cc1. The maximum atomic E-state index is 5.87. The van der Waals surface area contributed by atoms with Crippen LogP contribution in [-0.4, -0.2) is 0 Å². The van der Waals surface area contributed by atoms with Gasteiger partial charge in [-0.3, -0.25) is 0 Å². The van der Waals surface area contributed by atoms with Gasteiger partial charge in [0.2, 0.25) is 0 Å². The Morgan fingerprint density at radius 3 is 1.12 bits per heavy atom. The van der Waals surface area contributed by atoms with Crippen LogP contribution < -0.4 is 11.5 Å². The fraction of sp³-hybridized carbons (Fsp3) is 0.368. The normalized spacial score (nSPS) is 11.2. The molecule has 0 saturated carbocycles. The van der Waals surface area contributed by atoms with E-state index in [9.17, 15) is 0 Å². The molecule has 0 amide bonds. The molecule has 2 nitrogen and oxygen atoms in total. The molecule has 4 N–H and O–H groups in total. The largest absolute Gasteiger partial charge is 0.399 e. The Bertz CT molecular complexity index is 1150. The zero-order valence-corrected chi connectivity index (χ0v) is 24.5. The van der Waals surface area contributed by atoms with Crippen LogP contribution in [-0.2, 0) is 12.8 Å². The molecule has 210 valence electrons. The summed E-state index contributed by atoms with van der Waals surface area (Å²) in [5.74, 6) is 0.431. The molecule has 0 fully saturated rings. The van der Waals surface area contributed by atoms with Crippen LogP contribution in [0.2, 0.25) is 0 Å². The lowest BCUT2D eigenvalue weighted by Gasteiger charge is -2.19. The highest BCUT2D eigenvalue weighted by molar-refractivity contribution is 5.43. The quantitative estimate of drug-likeness (QED) is 0.111. The van der Waals surface area contributed by atoms with Crippen LogP contribution in [0.15, 0.2) is 97.1 Å². The molecule has 0 unspecified atom stereocenters. The third kappa shape index (κ3) is 9.59. The molecule has 0 aliphatic heterocycles. The summed E-state index contributed by atoms with van der Waals surface area (Å²) in [4.78, 5) is 0. The molecule has 0 aromatic heterocycles. The summed E-state index contributed by atoms with van der Waals surface area (Å²) in [6.07, 6.45) is 15.3. The molecule has 0 bridgehead atoms. The minimum Gasteiger partial charge on any atom is -0.399 e. The molecular formula is C38H48N2. The van der Waals surface area contributed by atoms with Crippen molar-refractivity contribution in [1.29, 1.82) is 0 Å². The number of benzene rings is 4. The summed E-state index contributed by atoms with van der Waals surface area (Å²) < 4.78 is 0. The molecule has 2 heteroatoms. The summed E-state index contributed by atoms with van der Waals surface area (Å²) in [7, 11) is 0. The fourth-order valence-electron chi connectivity index (χ4n) is 5.66. The first-order chi connectivity index (χ1) is 19.6. The predicted octanol–water partition coefficient (Wildman–Crippen LogP) is 10.1. The van der Waals surface area contributed by atoms with Crippen molar-refractivity contribution in [3.05, 3.63) is 130 Å². The van der Waals surface area contributed by atoms with E-state index in [0.717, 1.165) is 24.2 Å². The molecule has 0 heterocycles. The van der Waals surface area contributed by atoms with E-state index in [4.69, 9.17) is 11.5 Å². The van der Waals surface area contributed by atoms with Crippen molar-refractivity contribution in [3.63, 3.8) is 0 Å². The van der Waals surface area contributed by atoms with Gasteiger partial charge in [-0.25, -0.2) is 0 Å². The van der Waals surface area contributed by atoms with Gasteiger partial charge in [-0.2, -0.15) is 0 Å². The van der Waals surface area contributed by atoms with Crippen molar-refractivity contribution in [2.75, 3.05) is 11.5 Å². The second-order valence-electron chi connectivity index (χ2n) is 11.5. The first-order valence-electron chi connectivity index (χ1n) is 15.5. The lowest BCUT2D eigenvalue weighted by Crippen LogP contribution is -2.03. The highest BCUT2D eigenvalue weighted by atomic mass is 14.5. The Hall–Kier alpha value is -3.52. The second kappa shape index (κ2) is 15.9. The summed E-state index contributed by atoms with van der Waals surface area (Å²) in [6, 6.07) is 35.1. The average molecular weight is 533 g/mol. The molecule has 0 atom stereocenters. The number of nitrogen functional groups attached to an aromatic ring is 2. The van der Waals surface area contributed by atoms with Gasteiger partial charge in [0.15, 0.2) is 0 Å². The molecule has 4 rings (SSSR count). The van der Waals surface area contributed by atoms with Crippen molar-refractivity contribution in [2.45, 2.75) is 89.9 Å². The number of unbranched alkanes of at least 4 members (excludes halogenated alkanes) is 8. The van der Waals surface area contributed by atoms with Gasteiger partial charge in [0, 0.05) is 17.3 Å². The van der Waals surface area contributed by atoms with Crippen molar-refractivity contribution in [1.82, 2.24) is 0 Å². The van der Waals surface area contributed by atoms with Crippen LogP contribution in [0.4, 0.5) is 11.4 Å². The van der Waals surface area contributed by atoms with E-state index >= 15 is 0 Å².